The Balaban J connectivity index is 2.18. The van der Waals surface area contributed by atoms with E-state index >= 15 is 0 Å². The maximum Gasteiger partial charge on any atom is 0.143 e. The largest absolute Gasteiger partial charge is 0.368 e. The van der Waals surface area contributed by atoms with E-state index in [1.807, 2.05) is 0 Å². The first kappa shape index (κ1) is 14.2. The summed E-state index contributed by atoms with van der Waals surface area (Å²) < 4.78 is 0. The SMILES string of the molecule is CN1CCN(c2ncnc(NCCC#N)c2C=N)CC1. The van der Waals surface area contributed by atoms with Gasteiger partial charge in [0.2, 0.25) is 0 Å². The van der Waals surface area contributed by atoms with Gasteiger partial charge < -0.3 is 20.5 Å². The van der Waals surface area contributed by atoms with Gasteiger partial charge in [0.15, 0.2) is 0 Å². The molecule has 1 saturated heterocycles. The molecule has 0 amide bonds. The van der Waals surface area contributed by atoms with Gasteiger partial charge in [-0.1, -0.05) is 0 Å². The topological polar surface area (TPSA) is 91.9 Å². The monoisotopic (exact) mass is 273 g/mol. The molecule has 0 atom stereocenters. The van der Waals surface area contributed by atoms with E-state index in [2.05, 4.69) is 38.2 Å². The molecular weight excluding hydrogens is 254 g/mol. The predicted molar refractivity (Wildman–Crippen MR) is 78.3 cm³/mol. The molecule has 1 aliphatic rings. The van der Waals surface area contributed by atoms with Crippen molar-refractivity contribution in [3.05, 3.63) is 11.9 Å². The number of nitrogens with one attached hydrogen (secondary N) is 2. The second kappa shape index (κ2) is 6.82. The van der Waals surface area contributed by atoms with Crippen LogP contribution >= 0.6 is 0 Å². The van der Waals surface area contributed by atoms with Crippen molar-refractivity contribution in [1.29, 1.82) is 10.7 Å². The lowest BCUT2D eigenvalue weighted by Gasteiger charge is -2.34. The quantitative estimate of drug-likeness (QED) is 0.601. The van der Waals surface area contributed by atoms with Gasteiger partial charge in [-0.3, -0.25) is 0 Å². The molecule has 7 nitrogen and oxygen atoms in total. The first-order valence-corrected chi connectivity index (χ1v) is 6.66. The van der Waals surface area contributed by atoms with Gasteiger partial charge in [-0.2, -0.15) is 5.26 Å². The summed E-state index contributed by atoms with van der Waals surface area (Å²) in [4.78, 5) is 12.9. The van der Waals surface area contributed by atoms with E-state index in [1.54, 1.807) is 0 Å². The maximum absolute atomic E-state index is 8.57. The number of aromatic nitrogens is 2. The normalized spacial score (nSPS) is 15.7. The van der Waals surface area contributed by atoms with Crippen LogP contribution in [0.15, 0.2) is 6.33 Å². The van der Waals surface area contributed by atoms with Gasteiger partial charge in [0.1, 0.15) is 18.0 Å². The Morgan fingerprint density at radius 1 is 1.40 bits per heavy atom. The Morgan fingerprint density at radius 2 is 2.15 bits per heavy atom. The summed E-state index contributed by atoms with van der Waals surface area (Å²) in [6.45, 7) is 4.28. The van der Waals surface area contributed by atoms with Crippen molar-refractivity contribution in [3.8, 4) is 6.07 Å². The van der Waals surface area contributed by atoms with Gasteiger partial charge in [0.25, 0.3) is 0 Å². The summed E-state index contributed by atoms with van der Waals surface area (Å²) in [5.74, 6) is 1.42. The van der Waals surface area contributed by atoms with Crippen LogP contribution < -0.4 is 10.2 Å². The fourth-order valence-electron chi connectivity index (χ4n) is 2.17. The third-order valence-electron chi connectivity index (χ3n) is 3.34. The van der Waals surface area contributed by atoms with Crippen molar-refractivity contribution in [2.75, 3.05) is 50.0 Å². The van der Waals surface area contributed by atoms with E-state index in [4.69, 9.17) is 10.7 Å². The summed E-state index contributed by atoms with van der Waals surface area (Å²) in [7, 11) is 2.10. The molecule has 106 valence electrons. The van der Waals surface area contributed by atoms with E-state index in [0.717, 1.165) is 32.0 Å². The zero-order chi connectivity index (χ0) is 14.4. The van der Waals surface area contributed by atoms with Crippen molar-refractivity contribution in [2.24, 2.45) is 0 Å². The minimum atomic E-state index is 0.408. The number of anilines is 2. The molecule has 2 N–H and O–H groups in total. The van der Waals surface area contributed by atoms with Crippen molar-refractivity contribution in [1.82, 2.24) is 14.9 Å². The number of hydrogen-bond acceptors (Lipinski definition) is 7. The van der Waals surface area contributed by atoms with Crippen LogP contribution in [-0.4, -0.2) is 60.9 Å². The smallest absolute Gasteiger partial charge is 0.143 e. The standard InChI is InChI=1S/C13H19N7/c1-19-5-7-20(8-6-19)13-11(9-15)12(17-10-18-13)16-4-2-3-14/h9-10,15H,2,4-8H2,1H3,(H,16,17,18). The molecule has 0 aromatic carbocycles. The molecule has 1 aromatic heterocycles. The molecular formula is C13H19N7. The molecule has 1 aromatic rings. The molecule has 7 heteroatoms. The van der Waals surface area contributed by atoms with Crippen molar-refractivity contribution >= 4 is 17.9 Å². The summed E-state index contributed by atoms with van der Waals surface area (Å²) in [6, 6.07) is 2.08. The number of rotatable bonds is 5. The summed E-state index contributed by atoms with van der Waals surface area (Å²) >= 11 is 0. The zero-order valence-corrected chi connectivity index (χ0v) is 11.6. The van der Waals surface area contributed by atoms with Crippen LogP contribution in [0.1, 0.15) is 12.0 Å². The first-order valence-electron chi connectivity index (χ1n) is 6.66. The molecule has 2 heterocycles. The number of nitrogens with zero attached hydrogens (tertiary/aromatic N) is 5. The molecule has 1 aliphatic heterocycles. The molecule has 2 rings (SSSR count). The van der Waals surface area contributed by atoms with Crippen LogP contribution in [-0.2, 0) is 0 Å². The first-order chi connectivity index (χ1) is 9.76. The van der Waals surface area contributed by atoms with Gasteiger partial charge in [-0.05, 0) is 7.05 Å². The Morgan fingerprint density at radius 3 is 2.80 bits per heavy atom. The van der Waals surface area contributed by atoms with Crippen LogP contribution in [0.4, 0.5) is 11.6 Å². The Hall–Kier alpha value is -2.20. The number of likely N-dealkylation sites (N-methyl/N-ethyl adjacent to an activating group) is 1. The van der Waals surface area contributed by atoms with Crippen molar-refractivity contribution in [2.45, 2.75) is 6.42 Å². The minimum Gasteiger partial charge on any atom is -0.368 e. The highest BCUT2D eigenvalue weighted by Crippen LogP contribution is 2.22. The minimum absolute atomic E-state index is 0.408. The molecule has 0 radical (unpaired) electrons. The number of nitriles is 1. The lowest BCUT2D eigenvalue weighted by Crippen LogP contribution is -2.45. The van der Waals surface area contributed by atoms with Gasteiger partial charge >= 0.3 is 0 Å². The zero-order valence-electron chi connectivity index (χ0n) is 11.6. The molecule has 0 bridgehead atoms. The van der Waals surface area contributed by atoms with E-state index in [9.17, 15) is 0 Å². The molecule has 0 spiro atoms. The Kier molecular flexibility index (Phi) is 4.85. The fourth-order valence-corrected chi connectivity index (χ4v) is 2.17. The highest BCUT2D eigenvalue weighted by molar-refractivity contribution is 5.90. The van der Waals surface area contributed by atoms with Crippen LogP contribution in [0.5, 0.6) is 0 Å². The van der Waals surface area contributed by atoms with E-state index in [1.165, 1.54) is 12.5 Å². The lowest BCUT2D eigenvalue weighted by atomic mass is 10.2. The van der Waals surface area contributed by atoms with E-state index < -0.39 is 0 Å². The lowest BCUT2D eigenvalue weighted by molar-refractivity contribution is 0.312. The predicted octanol–water partition coefficient (Wildman–Crippen LogP) is 0.552. The number of hydrogen-bond donors (Lipinski definition) is 2. The second-order valence-corrected chi connectivity index (χ2v) is 4.73. The molecule has 0 aliphatic carbocycles. The Labute approximate surface area is 118 Å². The highest BCUT2D eigenvalue weighted by atomic mass is 15.3. The summed E-state index contributed by atoms with van der Waals surface area (Å²) in [6.07, 6.45) is 3.20. The van der Waals surface area contributed by atoms with Crippen molar-refractivity contribution in [3.63, 3.8) is 0 Å². The molecule has 0 saturated carbocycles. The van der Waals surface area contributed by atoms with Crippen LogP contribution in [0.3, 0.4) is 0 Å². The average Bonchev–Trinajstić information content (AvgIpc) is 2.48. The summed E-state index contributed by atoms with van der Waals surface area (Å²) in [5, 5.41) is 19.3. The van der Waals surface area contributed by atoms with E-state index in [0.29, 0.717) is 24.3 Å². The van der Waals surface area contributed by atoms with E-state index in [-0.39, 0.29) is 0 Å². The highest BCUT2D eigenvalue weighted by Gasteiger charge is 2.19. The third kappa shape index (κ3) is 3.22. The molecule has 0 unspecified atom stereocenters. The van der Waals surface area contributed by atoms with Crippen LogP contribution in [0.2, 0.25) is 0 Å². The van der Waals surface area contributed by atoms with Gasteiger partial charge in [0, 0.05) is 38.9 Å². The van der Waals surface area contributed by atoms with Gasteiger partial charge in [-0.25, -0.2) is 9.97 Å². The average molecular weight is 273 g/mol. The maximum atomic E-state index is 8.57. The third-order valence-corrected chi connectivity index (χ3v) is 3.34. The van der Waals surface area contributed by atoms with Crippen LogP contribution in [0, 0.1) is 16.7 Å². The molecule has 1 fully saturated rings. The second-order valence-electron chi connectivity index (χ2n) is 4.73. The van der Waals surface area contributed by atoms with Crippen LogP contribution in [0.25, 0.3) is 0 Å². The summed E-state index contributed by atoms with van der Waals surface area (Å²) in [5.41, 5.74) is 0.690. The number of piperazine rings is 1. The van der Waals surface area contributed by atoms with Crippen molar-refractivity contribution < 1.29 is 0 Å². The fraction of sp³-hybridized carbons (Fsp3) is 0.538. The van der Waals surface area contributed by atoms with Gasteiger partial charge in [-0.15, -0.1) is 0 Å². The molecule has 20 heavy (non-hydrogen) atoms. The Bertz CT molecular complexity index is 500. The van der Waals surface area contributed by atoms with Gasteiger partial charge in [0.05, 0.1) is 18.1 Å².